The SMILES string of the molecule is CC(C)=CC[C@@H](O)C(C)=CCOc1cc(=O)oc2cccc(C)c12. The summed E-state index contributed by atoms with van der Waals surface area (Å²) in [6.45, 7) is 8.10. The van der Waals surface area contributed by atoms with E-state index < -0.39 is 11.7 Å². The second-order valence-electron chi connectivity index (χ2n) is 6.17. The van der Waals surface area contributed by atoms with Crippen LogP contribution in [0.25, 0.3) is 11.0 Å². The lowest BCUT2D eigenvalue weighted by atomic mass is 10.1. The Hall–Kier alpha value is -2.33. The first-order chi connectivity index (χ1) is 11.4. The van der Waals surface area contributed by atoms with Crippen molar-refractivity contribution in [3.8, 4) is 5.75 Å². The Kier molecular flexibility index (Phi) is 5.99. The van der Waals surface area contributed by atoms with E-state index in [2.05, 4.69) is 0 Å². The molecule has 0 saturated heterocycles. The smallest absolute Gasteiger partial charge is 0.339 e. The van der Waals surface area contributed by atoms with Gasteiger partial charge in [0.1, 0.15) is 17.9 Å². The second kappa shape index (κ2) is 7.97. The molecular weight excluding hydrogens is 304 g/mol. The summed E-state index contributed by atoms with van der Waals surface area (Å²) in [5, 5.41) is 10.9. The van der Waals surface area contributed by atoms with Crippen LogP contribution in [-0.4, -0.2) is 17.8 Å². The minimum absolute atomic E-state index is 0.282. The molecule has 0 amide bonds. The van der Waals surface area contributed by atoms with Gasteiger partial charge in [-0.15, -0.1) is 0 Å². The Labute approximate surface area is 142 Å². The van der Waals surface area contributed by atoms with E-state index in [9.17, 15) is 9.90 Å². The summed E-state index contributed by atoms with van der Waals surface area (Å²) in [4.78, 5) is 11.7. The number of hydrogen-bond donors (Lipinski definition) is 1. The van der Waals surface area contributed by atoms with Crippen LogP contribution in [0.5, 0.6) is 5.75 Å². The van der Waals surface area contributed by atoms with Crippen LogP contribution >= 0.6 is 0 Å². The van der Waals surface area contributed by atoms with Gasteiger partial charge in [0.25, 0.3) is 0 Å². The van der Waals surface area contributed by atoms with E-state index in [1.165, 1.54) is 11.6 Å². The second-order valence-corrected chi connectivity index (χ2v) is 6.17. The Balaban J connectivity index is 2.15. The minimum atomic E-state index is -0.525. The van der Waals surface area contributed by atoms with Crippen molar-refractivity contribution in [1.82, 2.24) is 0 Å². The summed E-state index contributed by atoms with van der Waals surface area (Å²) in [6, 6.07) is 6.90. The molecule has 1 N–H and O–H groups in total. The van der Waals surface area contributed by atoms with Crippen LogP contribution < -0.4 is 10.4 Å². The monoisotopic (exact) mass is 328 g/mol. The van der Waals surface area contributed by atoms with Gasteiger partial charge in [-0.3, -0.25) is 0 Å². The molecular formula is C20H24O4. The van der Waals surface area contributed by atoms with E-state index in [-0.39, 0.29) is 6.61 Å². The van der Waals surface area contributed by atoms with E-state index in [0.29, 0.717) is 17.8 Å². The van der Waals surface area contributed by atoms with Crippen molar-refractivity contribution in [3.63, 3.8) is 0 Å². The third-order valence-electron chi connectivity index (χ3n) is 3.86. The molecule has 24 heavy (non-hydrogen) atoms. The molecule has 0 aliphatic rings. The van der Waals surface area contributed by atoms with Crippen molar-refractivity contribution in [3.05, 3.63) is 63.5 Å². The minimum Gasteiger partial charge on any atom is -0.488 e. The number of rotatable bonds is 6. The number of ether oxygens (including phenoxy) is 1. The molecule has 4 heteroatoms. The van der Waals surface area contributed by atoms with Crippen LogP contribution in [0.4, 0.5) is 0 Å². The average Bonchev–Trinajstić information content (AvgIpc) is 2.51. The summed E-state index contributed by atoms with van der Waals surface area (Å²) < 4.78 is 11.0. The fraction of sp³-hybridized carbons (Fsp3) is 0.350. The summed E-state index contributed by atoms with van der Waals surface area (Å²) in [7, 11) is 0. The number of allylic oxidation sites excluding steroid dienone is 1. The van der Waals surface area contributed by atoms with Crippen molar-refractivity contribution in [2.45, 2.75) is 40.2 Å². The third kappa shape index (κ3) is 4.59. The fourth-order valence-corrected chi connectivity index (χ4v) is 2.40. The highest BCUT2D eigenvalue weighted by Crippen LogP contribution is 2.27. The lowest BCUT2D eigenvalue weighted by Crippen LogP contribution is -2.09. The molecule has 2 aromatic rings. The molecule has 0 fully saturated rings. The molecule has 4 nitrogen and oxygen atoms in total. The maximum Gasteiger partial charge on any atom is 0.339 e. The fourth-order valence-electron chi connectivity index (χ4n) is 2.40. The van der Waals surface area contributed by atoms with Crippen LogP contribution in [0.3, 0.4) is 0 Å². The van der Waals surface area contributed by atoms with Gasteiger partial charge < -0.3 is 14.3 Å². The van der Waals surface area contributed by atoms with Crippen LogP contribution in [0, 0.1) is 6.92 Å². The Morgan fingerprint density at radius 3 is 2.75 bits per heavy atom. The van der Waals surface area contributed by atoms with Gasteiger partial charge in [0, 0.05) is 0 Å². The first kappa shape index (κ1) is 18.0. The van der Waals surface area contributed by atoms with Gasteiger partial charge in [0.05, 0.1) is 17.6 Å². The standard InChI is InChI=1S/C20H24O4/c1-13(2)8-9-16(21)14(3)10-11-23-18-12-19(22)24-17-7-5-6-15(4)20(17)18/h5-8,10,12,16,21H,9,11H2,1-4H3/t16-/m1/s1. The average molecular weight is 328 g/mol. The van der Waals surface area contributed by atoms with Crippen molar-refractivity contribution in [2.24, 2.45) is 0 Å². The summed E-state index contributed by atoms with van der Waals surface area (Å²) >= 11 is 0. The van der Waals surface area contributed by atoms with Crippen molar-refractivity contribution >= 4 is 11.0 Å². The number of hydrogen-bond acceptors (Lipinski definition) is 4. The van der Waals surface area contributed by atoms with E-state index in [1.807, 2.05) is 52.0 Å². The van der Waals surface area contributed by atoms with Gasteiger partial charge >= 0.3 is 5.63 Å². The molecule has 1 heterocycles. The highest BCUT2D eigenvalue weighted by Gasteiger charge is 2.09. The van der Waals surface area contributed by atoms with Crippen molar-refractivity contribution in [1.29, 1.82) is 0 Å². The molecule has 0 aliphatic heterocycles. The summed E-state index contributed by atoms with van der Waals surface area (Å²) in [5.41, 5.74) is 3.08. The number of fused-ring (bicyclic) bond motifs is 1. The first-order valence-corrected chi connectivity index (χ1v) is 8.03. The molecule has 0 aliphatic carbocycles. The van der Waals surface area contributed by atoms with E-state index in [0.717, 1.165) is 16.5 Å². The van der Waals surface area contributed by atoms with Gasteiger partial charge in [-0.2, -0.15) is 0 Å². The number of benzene rings is 1. The molecule has 0 unspecified atom stereocenters. The Morgan fingerprint density at radius 1 is 1.29 bits per heavy atom. The highest BCUT2D eigenvalue weighted by atomic mass is 16.5. The molecule has 128 valence electrons. The topological polar surface area (TPSA) is 59.7 Å². The molecule has 1 aromatic heterocycles. The van der Waals surface area contributed by atoms with Gasteiger partial charge in [0.15, 0.2) is 0 Å². The Bertz CT molecular complexity index is 823. The van der Waals surface area contributed by atoms with Crippen LogP contribution in [-0.2, 0) is 0 Å². The highest BCUT2D eigenvalue weighted by molar-refractivity contribution is 5.86. The summed E-state index contributed by atoms with van der Waals surface area (Å²) in [6.07, 6.45) is 3.90. The predicted octanol–water partition coefficient (Wildman–Crippen LogP) is 4.14. The molecule has 0 spiro atoms. The zero-order valence-corrected chi connectivity index (χ0v) is 14.6. The van der Waals surface area contributed by atoms with Crippen molar-refractivity contribution < 1.29 is 14.3 Å². The first-order valence-electron chi connectivity index (χ1n) is 8.03. The lowest BCUT2D eigenvalue weighted by Gasteiger charge is -2.11. The van der Waals surface area contributed by atoms with Gasteiger partial charge in [-0.05, 0) is 57.4 Å². The zero-order valence-electron chi connectivity index (χ0n) is 14.6. The predicted molar refractivity (Wildman–Crippen MR) is 96.5 cm³/mol. The molecule has 0 radical (unpaired) electrons. The number of aliphatic hydroxyl groups excluding tert-OH is 1. The third-order valence-corrected chi connectivity index (χ3v) is 3.86. The van der Waals surface area contributed by atoms with E-state index >= 15 is 0 Å². The number of aliphatic hydroxyl groups is 1. The molecule has 2 rings (SSSR count). The maximum absolute atomic E-state index is 11.7. The summed E-state index contributed by atoms with van der Waals surface area (Å²) in [5.74, 6) is 0.502. The molecule has 1 aromatic carbocycles. The molecule has 1 atom stereocenters. The van der Waals surface area contributed by atoms with Gasteiger partial charge in [-0.1, -0.05) is 23.8 Å². The zero-order chi connectivity index (χ0) is 17.7. The van der Waals surface area contributed by atoms with Crippen molar-refractivity contribution in [2.75, 3.05) is 6.61 Å². The maximum atomic E-state index is 11.7. The molecule has 0 bridgehead atoms. The Morgan fingerprint density at radius 2 is 2.04 bits per heavy atom. The van der Waals surface area contributed by atoms with Crippen LogP contribution in [0.1, 0.15) is 32.8 Å². The van der Waals surface area contributed by atoms with Crippen LogP contribution in [0.2, 0.25) is 0 Å². The van der Waals surface area contributed by atoms with E-state index in [4.69, 9.17) is 9.15 Å². The molecule has 0 saturated carbocycles. The van der Waals surface area contributed by atoms with Gasteiger partial charge in [-0.25, -0.2) is 4.79 Å². The van der Waals surface area contributed by atoms with E-state index in [1.54, 1.807) is 6.07 Å². The quantitative estimate of drug-likeness (QED) is 0.639. The normalized spacial score (nSPS) is 13.0. The van der Waals surface area contributed by atoms with Gasteiger partial charge in [0.2, 0.25) is 0 Å². The van der Waals surface area contributed by atoms with Crippen LogP contribution in [0.15, 0.2) is 56.8 Å². The number of aryl methyl sites for hydroxylation is 1. The largest absolute Gasteiger partial charge is 0.488 e. The lowest BCUT2D eigenvalue weighted by molar-refractivity contribution is 0.212.